The van der Waals surface area contributed by atoms with Crippen LogP contribution in [0.5, 0.6) is 0 Å². The van der Waals surface area contributed by atoms with Crippen molar-refractivity contribution in [3.8, 4) is 22.7 Å². The van der Waals surface area contributed by atoms with Gasteiger partial charge in [0.1, 0.15) is 5.58 Å². The van der Waals surface area contributed by atoms with Crippen LogP contribution < -0.4 is 0 Å². The summed E-state index contributed by atoms with van der Waals surface area (Å²) in [5.41, 5.74) is 5.60. The molecule has 27 heavy (non-hydrogen) atoms. The number of benzene rings is 2. The molecule has 6 heteroatoms. The molecule has 0 unspecified atom stereocenters. The fraction of sp³-hybridized carbons (Fsp3) is 0.0952. The lowest BCUT2D eigenvalue weighted by atomic mass is 10.1. The van der Waals surface area contributed by atoms with Crippen LogP contribution in [0, 0.1) is 13.8 Å². The molecule has 0 radical (unpaired) electrons. The highest BCUT2D eigenvalue weighted by atomic mass is 79.9. The molecule has 0 aliphatic carbocycles. The second-order valence-corrected chi connectivity index (χ2v) is 7.62. The summed E-state index contributed by atoms with van der Waals surface area (Å²) in [7, 11) is 0. The lowest BCUT2D eigenvalue weighted by Crippen LogP contribution is -1.94. The Hall–Kier alpha value is -2.50. The number of carbonyl (C=O) groups is 1. The van der Waals surface area contributed by atoms with Crippen LogP contribution in [0.3, 0.4) is 0 Å². The summed E-state index contributed by atoms with van der Waals surface area (Å²) in [5, 5.41) is 10.7. The van der Waals surface area contributed by atoms with Crippen molar-refractivity contribution in [1.29, 1.82) is 0 Å². The molecule has 0 saturated heterocycles. The van der Waals surface area contributed by atoms with Crippen LogP contribution in [0.15, 0.2) is 51.4 Å². The van der Waals surface area contributed by atoms with E-state index < -0.39 is 5.97 Å². The Morgan fingerprint density at radius 3 is 2.44 bits per heavy atom. The third kappa shape index (κ3) is 2.97. The summed E-state index contributed by atoms with van der Waals surface area (Å²) in [6.07, 6.45) is 0. The van der Waals surface area contributed by atoms with Crippen molar-refractivity contribution in [2.24, 2.45) is 0 Å². The number of hydrogen-bond acceptors (Lipinski definition) is 2. The number of carboxylic acid groups (broad SMARTS) is 1. The van der Waals surface area contributed by atoms with E-state index in [0.29, 0.717) is 10.8 Å². The van der Waals surface area contributed by atoms with Gasteiger partial charge in [-0.3, -0.25) is 0 Å². The number of nitrogens with one attached hydrogen (secondary N) is 1. The number of aromatic amines is 1. The predicted octanol–water partition coefficient (Wildman–Crippen LogP) is 6.83. The molecule has 4 aromatic rings. The Kier molecular flexibility index (Phi) is 4.36. The summed E-state index contributed by atoms with van der Waals surface area (Å²) in [5.74, 6) is -0.240. The van der Waals surface area contributed by atoms with Crippen molar-refractivity contribution in [2.75, 3.05) is 0 Å². The molecule has 0 amide bonds. The van der Waals surface area contributed by atoms with Crippen molar-refractivity contribution in [1.82, 2.24) is 4.98 Å². The van der Waals surface area contributed by atoms with Crippen molar-refractivity contribution >= 4 is 44.5 Å². The van der Waals surface area contributed by atoms with E-state index >= 15 is 0 Å². The Bertz CT molecular complexity index is 1190. The molecule has 0 atom stereocenters. The number of aromatic carboxylic acids is 1. The number of carboxylic acids is 1. The highest BCUT2D eigenvalue weighted by Crippen LogP contribution is 2.42. The van der Waals surface area contributed by atoms with E-state index in [1.54, 1.807) is 24.3 Å². The molecule has 0 spiro atoms. The average molecular weight is 445 g/mol. The smallest absolute Gasteiger partial charge is 0.335 e. The average Bonchev–Trinajstić information content (AvgIpc) is 3.25. The number of H-pyrrole nitrogens is 1. The summed E-state index contributed by atoms with van der Waals surface area (Å²) in [6, 6.07) is 12.5. The number of halogens is 2. The SMILES string of the molecule is Cc1cc(Cl)c(C)c2c(Br)c(-c3ccc(-c4ccc(C(=O)O)cc4)[nH]3)oc12. The quantitative estimate of drug-likeness (QED) is 0.364. The molecule has 0 bridgehead atoms. The zero-order valence-electron chi connectivity index (χ0n) is 14.6. The van der Waals surface area contributed by atoms with E-state index in [0.717, 1.165) is 43.5 Å². The number of rotatable bonds is 3. The molecule has 0 aliphatic rings. The van der Waals surface area contributed by atoms with Gasteiger partial charge in [-0.25, -0.2) is 4.79 Å². The van der Waals surface area contributed by atoms with Gasteiger partial charge < -0.3 is 14.5 Å². The van der Waals surface area contributed by atoms with E-state index in [1.165, 1.54) is 0 Å². The number of fused-ring (bicyclic) bond motifs is 1. The monoisotopic (exact) mass is 443 g/mol. The molecule has 4 rings (SSSR count). The van der Waals surface area contributed by atoms with Crippen LogP contribution in [-0.2, 0) is 0 Å². The number of hydrogen-bond donors (Lipinski definition) is 2. The van der Waals surface area contributed by atoms with E-state index in [-0.39, 0.29) is 5.56 Å². The first kappa shape index (κ1) is 17.9. The molecule has 4 nitrogen and oxygen atoms in total. The number of furan rings is 1. The van der Waals surface area contributed by atoms with Crippen molar-refractivity contribution in [3.05, 3.63) is 68.7 Å². The number of aromatic nitrogens is 1. The first-order valence-corrected chi connectivity index (χ1v) is 9.44. The molecular weight excluding hydrogens is 430 g/mol. The Labute approximate surface area is 168 Å². The summed E-state index contributed by atoms with van der Waals surface area (Å²) in [4.78, 5) is 14.4. The van der Waals surface area contributed by atoms with Crippen molar-refractivity contribution in [3.63, 3.8) is 0 Å². The topological polar surface area (TPSA) is 66.2 Å². The minimum Gasteiger partial charge on any atom is -0.478 e. The second kappa shape index (κ2) is 6.59. The molecule has 0 fully saturated rings. The first-order valence-electron chi connectivity index (χ1n) is 8.27. The zero-order chi connectivity index (χ0) is 19.3. The normalized spacial score (nSPS) is 11.3. The lowest BCUT2D eigenvalue weighted by molar-refractivity contribution is 0.0697. The van der Waals surface area contributed by atoms with Gasteiger partial charge in [0.2, 0.25) is 0 Å². The van der Waals surface area contributed by atoms with Crippen LogP contribution >= 0.6 is 27.5 Å². The maximum atomic E-state index is 11.0. The maximum Gasteiger partial charge on any atom is 0.335 e. The van der Waals surface area contributed by atoms with E-state index in [2.05, 4.69) is 20.9 Å². The highest BCUT2D eigenvalue weighted by Gasteiger charge is 2.20. The summed E-state index contributed by atoms with van der Waals surface area (Å²) < 4.78 is 6.99. The van der Waals surface area contributed by atoms with Crippen LogP contribution in [-0.4, -0.2) is 16.1 Å². The van der Waals surface area contributed by atoms with Gasteiger partial charge in [-0.05, 0) is 76.8 Å². The van der Waals surface area contributed by atoms with Crippen molar-refractivity contribution < 1.29 is 14.3 Å². The van der Waals surface area contributed by atoms with Gasteiger partial charge in [0.05, 0.1) is 15.7 Å². The third-order valence-corrected chi connectivity index (χ3v) is 5.81. The van der Waals surface area contributed by atoms with E-state index in [1.807, 2.05) is 32.0 Å². The Morgan fingerprint density at radius 1 is 1.11 bits per heavy atom. The molecule has 2 N–H and O–H groups in total. The van der Waals surface area contributed by atoms with Gasteiger partial charge in [-0.2, -0.15) is 0 Å². The maximum absolute atomic E-state index is 11.0. The standard InChI is InChI=1S/C21H15BrClNO3/c1-10-9-14(23)11(2)17-18(22)20(27-19(10)17)16-8-7-15(24-16)12-3-5-13(6-4-12)21(25)26/h3-9,24H,1-2H3,(H,25,26). The summed E-state index contributed by atoms with van der Waals surface area (Å²) in [6.45, 7) is 3.94. The van der Waals surface area contributed by atoms with Gasteiger partial charge in [0.15, 0.2) is 5.76 Å². The molecular formula is C21H15BrClNO3. The fourth-order valence-corrected chi connectivity index (χ4v) is 4.20. The molecule has 2 aromatic carbocycles. The van der Waals surface area contributed by atoms with E-state index in [9.17, 15) is 4.79 Å². The van der Waals surface area contributed by atoms with E-state index in [4.69, 9.17) is 21.1 Å². The zero-order valence-corrected chi connectivity index (χ0v) is 16.9. The van der Waals surface area contributed by atoms with Crippen molar-refractivity contribution in [2.45, 2.75) is 13.8 Å². The molecule has 0 saturated carbocycles. The van der Waals surface area contributed by atoms with Crippen LogP contribution in [0.2, 0.25) is 5.02 Å². The summed E-state index contributed by atoms with van der Waals surface area (Å²) >= 11 is 9.99. The predicted molar refractivity (Wildman–Crippen MR) is 111 cm³/mol. The van der Waals surface area contributed by atoms with Gasteiger partial charge in [-0.15, -0.1) is 0 Å². The third-order valence-electron chi connectivity index (χ3n) is 4.66. The second-order valence-electron chi connectivity index (χ2n) is 6.42. The Morgan fingerprint density at radius 2 is 1.78 bits per heavy atom. The minimum atomic E-state index is -0.940. The Balaban J connectivity index is 1.80. The van der Waals surface area contributed by atoms with Gasteiger partial charge in [-0.1, -0.05) is 23.7 Å². The molecule has 2 heterocycles. The lowest BCUT2D eigenvalue weighted by Gasteiger charge is -2.02. The van der Waals surface area contributed by atoms with Gasteiger partial charge in [0.25, 0.3) is 0 Å². The largest absolute Gasteiger partial charge is 0.478 e. The highest BCUT2D eigenvalue weighted by molar-refractivity contribution is 9.10. The van der Waals surface area contributed by atoms with Crippen LogP contribution in [0.25, 0.3) is 33.7 Å². The van der Waals surface area contributed by atoms with Gasteiger partial charge in [0, 0.05) is 16.1 Å². The first-order chi connectivity index (χ1) is 12.9. The molecule has 136 valence electrons. The van der Waals surface area contributed by atoms with Crippen LogP contribution in [0.4, 0.5) is 0 Å². The molecule has 2 aromatic heterocycles. The fourth-order valence-electron chi connectivity index (χ4n) is 3.17. The van der Waals surface area contributed by atoms with Crippen LogP contribution in [0.1, 0.15) is 21.5 Å². The number of aryl methyl sites for hydroxylation is 2. The minimum absolute atomic E-state index is 0.258. The van der Waals surface area contributed by atoms with Gasteiger partial charge >= 0.3 is 5.97 Å². The molecule has 0 aliphatic heterocycles.